The van der Waals surface area contributed by atoms with Crippen LogP contribution < -0.4 is 29.9 Å². The average Bonchev–Trinajstić information content (AvgIpc) is 4.01. The largest absolute Gasteiger partial charge is 0.497 e. The smallest absolute Gasteiger partial charge is 0.305 e. The zero-order valence-electron chi connectivity index (χ0n) is 36.2. The fourth-order valence-corrected chi connectivity index (χ4v) is 15.4. The third-order valence-electron chi connectivity index (χ3n) is 14.6. The van der Waals surface area contributed by atoms with E-state index >= 15 is 4.79 Å². The molecule has 14 heteroatoms. The molecule has 61 heavy (non-hydrogen) atoms. The van der Waals surface area contributed by atoms with Gasteiger partial charge < -0.3 is 39.3 Å². The van der Waals surface area contributed by atoms with Crippen LogP contribution in [0.3, 0.4) is 0 Å². The molecule has 5 aliphatic heterocycles. The lowest BCUT2D eigenvalue weighted by Gasteiger charge is -2.39. The van der Waals surface area contributed by atoms with Crippen LogP contribution in [0, 0.1) is 5.92 Å². The van der Waals surface area contributed by atoms with Crippen molar-refractivity contribution in [2.24, 2.45) is 5.92 Å². The first-order valence-electron chi connectivity index (χ1n) is 22.0. The highest BCUT2D eigenvalue weighted by molar-refractivity contribution is 6.91. The standard InChI is InChI=1S/C47H61N5O8Si/c1-32-43(61(4,5)37-19-17-36(58-2)18-20-37)40(29-41(54)49-27-11-14-35(49)30-53)60-47(32)38-28-34(16-21-39(38)50(45(47)57)26-10-9-15-42(55)59-3)51-31-52(33-12-7-6-8-13-33)46(44(51)56)22-24-48-25-23-46/h6-8,12-13,16-21,28,32,35,40,43,48,53H,9-11,14-15,22-27,29-31H2,1-5H3/t32-,35-,40+,43-,47+/m0/s1. The Kier molecular flexibility index (Phi) is 12.1. The molecule has 0 saturated carbocycles. The van der Waals surface area contributed by atoms with Gasteiger partial charge in [-0.1, -0.05) is 55.5 Å². The number of rotatable bonds is 13. The van der Waals surface area contributed by atoms with Gasteiger partial charge in [0.15, 0.2) is 5.60 Å². The van der Waals surface area contributed by atoms with E-state index in [-0.39, 0.29) is 60.6 Å². The topological polar surface area (TPSA) is 141 Å². The summed E-state index contributed by atoms with van der Waals surface area (Å²) in [6.07, 6.45) is 3.73. The molecule has 13 nitrogen and oxygen atoms in total. The number of nitrogens with one attached hydrogen (secondary N) is 1. The average molecular weight is 852 g/mol. The Morgan fingerprint density at radius 1 is 0.951 bits per heavy atom. The lowest BCUT2D eigenvalue weighted by Crippen LogP contribution is -2.55. The lowest BCUT2D eigenvalue weighted by atomic mass is 9.82. The number of unbranched alkanes of at least 4 members (excludes halogenated alkanes) is 1. The van der Waals surface area contributed by atoms with E-state index in [9.17, 15) is 19.5 Å². The van der Waals surface area contributed by atoms with E-state index in [1.54, 1.807) is 16.9 Å². The second-order valence-electron chi connectivity index (χ2n) is 18.0. The van der Waals surface area contributed by atoms with Crippen molar-refractivity contribution in [1.29, 1.82) is 0 Å². The van der Waals surface area contributed by atoms with Gasteiger partial charge in [0, 0.05) is 42.4 Å². The van der Waals surface area contributed by atoms with Crippen molar-refractivity contribution < 1.29 is 38.5 Å². The number of anilines is 3. The Bertz CT molecular complexity index is 2110. The van der Waals surface area contributed by atoms with Crippen molar-refractivity contribution in [3.63, 3.8) is 0 Å². The third kappa shape index (κ3) is 7.32. The number of esters is 1. The molecule has 5 heterocycles. The molecule has 0 aromatic heterocycles. The van der Waals surface area contributed by atoms with Gasteiger partial charge in [-0.05, 0) is 99.6 Å². The Balaban J connectivity index is 1.22. The summed E-state index contributed by atoms with van der Waals surface area (Å²) in [5.41, 5.74) is 0.762. The lowest BCUT2D eigenvalue weighted by molar-refractivity contribution is -0.150. The third-order valence-corrected chi connectivity index (χ3v) is 19.0. The molecule has 3 amide bonds. The monoisotopic (exact) mass is 851 g/mol. The molecule has 0 radical (unpaired) electrons. The van der Waals surface area contributed by atoms with Gasteiger partial charge in [-0.15, -0.1) is 0 Å². The minimum Gasteiger partial charge on any atom is -0.497 e. The van der Waals surface area contributed by atoms with Crippen LogP contribution in [0.25, 0.3) is 0 Å². The highest BCUT2D eigenvalue weighted by Crippen LogP contribution is 2.60. The molecule has 5 aliphatic rings. The number of carbonyl (C=O) groups is 4. The summed E-state index contributed by atoms with van der Waals surface area (Å²) in [5, 5.41) is 14.8. The number of methoxy groups -OCH3 is 2. The number of hydrogen-bond donors (Lipinski definition) is 2. The SMILES string of the molecule is COC(=O)CCCCN1C(=O)[C@]2(O[C@H](CC(=O)N3CCC[C@H]3CO)[C@@H]([Si](C)(C)c3ccc(OC)cc3)[C@@H]2C)c2cc(N3CN(c4ccccc4)C4(CCNCC4)C3=O)ccc21. The Labute approximate surface area is 360 Å². The van der Waals surface area contributed by atoms with Crippen LogP contribution in [0.4, 0.5) is 17.1 Å². The maximum absolute atomic E-state index is 15.5. The summed E-state index contributed by atoms with van der Waals surface area (Å²) >= 11 is 0. The molecule has 5 atom stereocenters. The predicted molar refractivity (Wildman–Crippen MR) is 237 cm³/mol. The van der Waals surface area contributed by atoms with Crippen LogP contribution in [0.15, 0.2) is 72.8 Å². The van der Waals surface area contributed by atoms with Crippen LogP contribution in [0.2, 0.25) is 18.6 Å². The van der Waals surface area contributed by atoms with Gasteiger partial charge in [0.25, 0.3) is 11.8 Å². The predicted octanol–water partition coefficient (Wildman–Crippen LogP) is 4.91. The normalized spacial score (nSPS) is 25.9. The van der Waals surface area contributed by atoms with E-state index in [0.717, 1.165) is 48.2 Å². The number of benzene rings is 3. The van der Waals surface area contributed by atoms with E-state index in [1.165, 1.54) is 7.11 Å². The number of hydrogen-bond acceptors (Lipinski definition) is 10. The van der Waals surface area contributed by atoms with Gasteiger partial charge in [-0.3, -0.25) is 24.1 Å². The second-order valence-corrected chi connectivity index (χ2v) is 22.7. The number of carbonyl (C=O) groups excluding carboxylic acids is 4. The van der Waals surface area contributed by atoms with Gasteiger partial charge in [0.1, 0.15) is 11.3 Å². The molecule has 8 rings (SSSR count). The van der Waals surface area contributed by atoms with E-state index in [2.05, 4.69) is 54.5 Å². The van der Waals surface area contributed by atoms with Gasteiger partial charge in [0.2, 0.25) is 5.91 Å². The maximum Gasteiger partial charge on any atom is 0.305 e. The Morgan fingerprint density at radius 2 is 1.69 bits per heavy atom. The number of amides is 3. The molecular formula is C47H61N5O8Si. The number of para-hydroxylation sites is 1. The van der Waals surface area contributed by atoms with Crippen LogP contribution in [-0.4, -0.2) is 113 Å². The van der Waals surface area contributed by atoms with Crippen molar-refractivity contribution in [1.82, 2.24) is 10.2 Å². The van der Waals surface area contributed by atoms with Gasteiger partial charge in [-0.2, -0.15) is 0 Å². The van der Waals surface area contributed by atoms with Crippen molar-refractivity contribution >= 4 is 54.0 Å². The fraction of sp³-hybridized carbons (Fsp3) is 0.532. The first-order chi connectivity index (χ1) is 29.4. The number of piperidine rings is 1. The van der Waals surface area contributed by atoms with Crippen LogP contribution >= 0.6 is 0 Å². The summed E-state index contributed by atoms with van der Waals surface area (Å²) in [4.78, 5) is 64.5. The number of likely N-dealkylation sites (tertiary alicyclic amines) is 1. The fourth-order valence-electron chi connectivity index (χ4n) is 11.3. The summed E-state index contributed by atoms with van der Waals surface area (Å²) in [6, 6.07) is 23.9. The van der Waals surface area contributed by atoms with Crippen molar-refractivity contribution in [2.45, 2.75) is 100 Å². The van der Waals surface area contributed by atoms with Crippen LogP contribution in [-0.2, 0) is 34.3 Å². The van der Waals surface area contributed by atoms with E-state index in [0.29, 0.717) is 56.7 Å². The number of ether oxygens (including phenoxy) is 3. The van der Waals surface area contributed by atoms with Crippen LogP contribution in [0.1, 0.15) is 63.9 Å². The summed E-state index contributed by atoms with van der Waals surface area (Å²) in [7, 11) is 0.445. The van der Waals surface area contributed by atoms with E-state index in [4.69, 9.17) is 14.2 Å². The molecule has 326 valence electrons. The summed E-state index contributed by atoms with van der Waals surface area (Å²) < 4.78 is 17.8. The maximum atomic E-state index is 15.5. The first kappa shape index (κ1) is 42.9. The van der Waals surface area contributed by atoms with E-state index in [1.807, 2.05) is 53.4 Å². The molecule has 4 saturated heterocycles. The van der Waals surface area contributed by atoms with Gasteiger partial charge in [0.05, 0.1) is 59.8 Å². The van der Waals surface area contributed by atoms with Crippen LogP contribution in [0.5, 0.6) is 5.75 Å². The quantitative estimate of drug-likeness (QED) is 0.139. The summed E-state index contributed by atoms with van der Waals surface area (Å²) in [5.74, 6) is -0.141. The van der Waals surface area contributed by atoms with Crippen molar-refractivity contribution in [3.05, 3.63) is 78.4 Å². The molecule has 2 spiro atoms. The summed E-state index contributed by atoms with van der Waals surface area (Å²) in [6.45, 7) is 9.35. The Hall–Kier alpha value is -4.76. The molecule has 0 unspecified atom stereocenters. The number of fused-ring (bicyclic) bond motifs is 2. The zero-order chi connectivity index (χ0) is 43.1. The zero-order valence-corrected chi connectivity index (χ0v) is 37.2. The number of aliphatic hydroxyl groups is 1. The van der Waals surface area contributed by atoms with Gasteiger partial charge >= 0.3 is 5.97 Å². The van der Waals surface area contributed by atoms with Crippen molar-refractivity contribution in [2.75, 3.05) is 68.4 Å². The number of aliphatic hydroxyl groups excluding tert-OH is 1. The van der Waals surface area contributed by atoms with E-state index < -0.39 is 25.3 Å². The molecule has 3 aromatic rings. The molecular weight excluding hydrogens is 791 g/mol. The molecule has 0 aliphatic carbocycles. The first-order valence-corrected chi connectivity index (χ1v) is 25.1. The molecule has 4 fully saturated rings. The minimum absolute atomic E-state index is 0.0367. The minimum atomic E-state index is -2.58. The van der Waals surface area contributed by atoms with Gasteiger partial charge in [-0.25, -0.2) is 0 Å². The molecule has 2 N–H and O–H groups in total. The Morgan fingerprint density at radius 3 is 2.38 bits per heavy atom. The highest BCUT2D eigenvalue weighted by Gasteiger charge is 2.67. The highest BCUT2D eigenvalue weighted by atomic mass is 28.3. The number of nitrogens with zero attached hydrogens (tertiary/aromatic N) is 4. The molecule has 3 aromatic carbocycles. The molecule has 0 bridgehead atoms. The van der Waals surface area contributed by atoms with Crippen molar-refractivity contribution in [3.8, 4) is 5.75 Å². The second kappa shape index (κ2) is 17.2.